The number of nitrogens with two attached hydrogens (primary N) is 1. The maximum atomic E-state index is 11.8. The second-order valence-corrected chi connectivity index (χ2v) is 4.63. The number of nitrogens with zero attached hydrogens (tertiary/aromatic N) is 3. The molecule has 6 nitrogen and oxygen atoms in total. The van der Waals surface area contributed by atoms with Gasteiger partial charge in [-0.05, 0) is 18.1 Å². The van der Waals surface area contributed by atoms with Crippen LogP contribution in [-0.2, 0) is 4.79 Å². The molecule has 0 aliphatic heterocycles. The number of amides is 1. The third kappa shape index (κ3) is 3.79. The molecule has 2 aromatic heterocycles. The Kier molecular flexibility index (Phi) is 5.66. The number of hydrogen-bond acceptors (Lipinski definition) is 4. The fourth-order valence-corrected chi connectivity index (χ4v) is 1.54. The van der Waals surface area contributed by atoms with Gasteiger partial charge in [0.15, 0.2) is 0 Å². The number of halogens is 1. The lowest BCUT2D eigenvalue weighted by atomic mass is 10.1. The average Bonchev–Trinajstić information content (AvgIpc) is 2.92. The molecule has 0 aliphatic carbocycles. The largest absolute Gasteiger partial charge is 0.323 e. The molecule has 2 rings (SSSR count). The number of carbonyl (C=O) groups is 1. The van der Waals surface area contributed by atoms with Crippen LogP contribution in [0.1, 0.15) is 13.8 Å². The highest BCUT2D eigenvalue weighted by Crippen LogP contribution is 2.10. The number of rotatable bonds is 4. The van der Waals surface area contributed by atoms with Crippen LogP contribution < -0.4 is 11.1 Å². The van der Waals surface area contributed by atoms with Crippen molar-refractivity contribution in [3.63, 3.8) is 0 Å². The van der Waals surface area contributed by atoms with Gasteiger partial charge in [0, 0.05) is 12.4 Å². The van der Waals surface area contributed by atoms with Gasteiger partial charge in [-0.2, -0.15) is 0 Å². The first-order chi connectivity index (χ1) is 9.08. The molecule has 7 heteroatoms. The topological polar surface area (TPSA) is 85.8 Å². The van der Waals surface area contributed by atoms with Crippen LogP contribution in [0.15, 0.2) is 37.1 Å². The quantitative estimate of drug-likeness (QED) is 0.897. The Morgan fingerprint density at radius 3 is 2.65 bits per heavy atom. The Labute approximate surface area is 123 Å². The van der Waals surface area contributed by atoms with Gasteiger partial charge in [0.25, 0.3) is 0 Å². The molecule has 0 aromatic carbocycles. The van der Waals surface area contributed by atoms with Gasteiger partial charge in [0.2, 0.25) is 5.91 Å². The molecule has 0 radical (unpaired) electrons. The lowest BCUT2D eigenvalue weighted by Gasteiger charge is -2.15. The van der Waals surface area contributed by atoms with Crippen LogP contribution in [0, 0.1) is 5.92 Å². The van der Waals surface area contributed by atoms with Gasteiger partial charge in [-0.25, -0.2) is 9.97 Å². The van der Waals surface area contributed by atoms with Gasteiger partial charge in [0.05, 0.1) is 17.9 Å². The summed E-state index contributed by atoms with van der Waals surface area (Å²) in [5.41, 5.74) is 6.40. The lowest BCUT2D eigenvalue weighted by molar-refractivity contribution is -0.118. The zero-order valence-corrected chi connectivity index (χ0v) is 12.2. The zero-order chi connectivity index (χ0) is 13.8. The van der Waals surface area contributed by atoms with Crippen molar-refractivity contribution in [2.24, 2.45) is 11.7 Å². The first kappa shape index (κ1) is 16.1. The summed E-state index contributed by atoms with van der Waals surface area (Å²) in [5.74, 6) is 0.633. The van der Waals surface area contributed by atoms with E-state index in [4.69, 9.17) is 5.73 Å². The fourth-order valence-electron chi connectivity index (χ4n) is 1.54. The monoisotopic (exact) mass is 295 g/mol. The molecule has 2 aromatic rings. The van der Waals surface area contributed by atoms with E-state index in [1.165, 1.54) is 0 Å². The molecule has 1 amide bonds. The molecule has 0 fully saturated rings. The van der Waals surface area contributed by atoms with Crippen LogP contribution in [0.4, 0.5) is 5.69 Å². The maximum Gasteiger partial charge on any atom is 0.241 e. The smallest absolute Gasteiger partial charge is 0.241 e. The highest BCUT2D eigenvalue weighted by atomic mass is 35.5. The van der Waals surface area contributed by atoms with E-state index in [-0.39, 0.29) is 24.2 Å². The van der Waals surface area contributed by atoms with E-state index >= 15 is 0 Å². The molecule has 0 saturated carbocycles. The Morgan fingerprint density at radius 2 is 2.15 bits per heavy atom. The molecule has 20 heavy (non-hydrogen) atoms. The van der Waals surface area contributed by atoms with Gasteiger partial charge in [-0.1, -0.05) is 13.8 Å². The third-order valence-corrected chi connectivity index (χ3v) is 2.81. The van der Waals surface area contributed by atoms with E-state index in [0.29, 0.717) is 5.69 Å². The molecule has 0 aliphatic rings. The highest BCUT2D eigenvalue weighted by Gasteiger charge is 2.17. The number of aromatic nitrogens is 3. The van der Waals surface area contributed by atoms with E-state index in [1.807, 2.05) is 13.8 Å². The number of pyridine rings is 1. The van der Waals surface area contributed by atoms with Crippen molar-refractivity contribution >= 4 is 24.0 Å². The first-order valence-electron chi connectivity index (χ1n) is 6.09. The average molecular weight is 296 g/mol. The first-order valence-corrected chi connectivity index (χ1v) is 6.09. The summed E-state index contributed by atoms with van der Waals surface area (Å²) in [4.78, 5) is 20.0. The Morgan fingerprint density at radius 1 is 1.40 bits per heavy atom. The van der Waals surface area contributed by atoms with Crippen LogP contribution >= 0.6 is 12.4 Å². The minimum Gasteiger partial charge on any atom is -0.323 e. The number of anilines is 1. The Bertz CT molecular complexity index is 538. The highest BCUT2D eigenvalue weighted by molar-refractivity contribution is 5.94. The van der Waals surface area contributed by atoms with Gasteiger partial charge in [0.1, 0.15) is 12.1 Å². The number of imidazole rings is 1. The summed E-state index contributed by atoms with van der Waals surface area (Å²) >= 11 is 0. The summed E-state index contributed by atoms with van der Waals surface area (Å²) in [6.45, 7) is 3.81. The van der Waals surface area contributed by atoms with Crippen LogP contribution in [0.3, 0.4) is 0 Å². The van der Waals surface area contributed by atoms with Crippen molar-refractivity contribution in [2.45, 2.75) is 19.9 Å². The lowest BCUT2D eigenvalue weighted by Crippen LogP contribution is -2.39. The molecule has 0 spiro atoms. The van der Waals surface area contributed by atoms with Crippen molar-refractivity contribution in [1.82, 2.24) is 14.5 Å². The predicted octanol–water partition coefficient (Wildman–Crippen LogP) is 1.61. The molecule has 1 atom stereocenters. The summed E-state index contributed by atoms with van der Waals surface area (Å²) in [5, 5.41) is 2.74. The second kappa shape index (κ2) is 7.02. The normalized spacial score (nSPS) is 11.8. The molecule has 108 valence electrons. The van der Waals surface area contributed by atoms with E-state index in [0.717, 1.165) is 5.82 Å². The molecule has 2 heterocycles. The van der Waals surface area contributed by atoms with Crippen LogP contribution in [0.25, 0.3) is 5.82 Å². The number of carbonyl (C=O) groups excluding carboxylic acids is 1. The minimum absolute atomic E-state index is 0. The van der Waals surface area contributed by atoms with Gasteiger partial charge in [-0.3, -0.25) is 9.36 Å². The van der Waals surface area contributed by atoms with E-state index in [1.54, 1.807) is 41.6 Å². The SMILES string of the molecule is CC(C)[C@H](N)C(=O)Nc1ccc(-n2ccnc2)nc1.Cl. The Hall–Kier alpha value is -1.92. The standard InChI is InChI=1S/C13H17N5O.ClH/c1-9(2)12(14)13(19)17-10-3-4-11(16-7-10)18-6-5-15-8-18;/h3-9,12H,14H2,1-2H3,(H,17,19);1H/t12-;/m0./s1. The summed E-state index contributed by atoms with van der Waals surface area (Å²) in [6, 6.07) is 3.07. The van der Waals surface area contributed by atoms with Gasteiger partial charge in [-0.15, -0.1) is 12.4 Å². The van der Waals surface area contributed by atoms with Crippen LogP contribution in [-0.4, -0.2) is 26.5 Å². The zero-order valence-electron chi connectivity index (χ0n) is 11.4. The molecule has 0 saturated heterocycles. The van der Waals surface area contributed by atoms with E-state index in [9.17, 15) is 4.79 Å². The van der Waals surface area contributed by atoms with Crippen molar-refractivity contribution in [1.29, 1.82) is 0 Å². The Balaban J connectivity index is 0.00000200. The summed E-state index contributed by atoms with van der Waals surface area (Å²) in [6.07, 6.45) is 6.74. The summed E-state index contributed by atoms with van der Waals surface area (Å²) in [7, 11) is 0. The number of hydrogen-bond donors (Lipinski definition) is 2. The van der Waals surface area contributed by atoms with Crippen LogP contribution in [0.5, 0.6) is 0 Å². The van der Waals surface area contributed by atoms with Gasteiger partial charge >= 0.3 is 0 Å². The van der Waals surface area contributed by atoms with Crippen molar-refractivity contribution in [3.8, 4) is 5.82 Å². The van der Waals surface area contributed by atoms with Crippen LogP contribution in [0.2, 0.25) is 0 Å². The molecular formula is C13H18ClN5O. The van der Waals surface area contributed by atoms with Crippen molar-refractivity contribution in [3.05, 3.63) is 37.1 Å². The van der Waals surface area contributed by atoms with Crippen molar-refractivity contribution < 1.29 is 4.79 Å². The molecule has 3 N–H and O–H groups in total. The third-order valence-electron chi connectivity index (χ3n) is 2.81. The van der Waals surface area contributed by atoms with Crippen molar-refractivity contribution in [2.75, 3.05) is 5.32 Å². The van der Waals surface area contributed by atoms with E-state index < -0.39 is 6.04 Å². The molecular weight excluding hydrogens is 278 g/mol. The minimum atomic E-state index is -0.520. The van der Waals surface area contributed by atoms with E-state index in [2.05, 4.69) is 15.3 Å². The van der Waals surface area contributed by atoms with Gasteiger partial charge < -0.3 is 11.1 Å². The fraction of sp³-hybridized carbons (Fsp3) is 0.308. The number of nitrogens with one attached hydrogen (secondary N) is 1. The molecule has 0 unspecified atom stereocenters. The second-order valence-electron chi connectivity index (χ2n) is 4.63. The summed E-state index contributed by atoms with van der Waals surface area (Å²) < 4.78 is 1.78. The molecule has 0 bridgehead atoms. The predicted molar refractivity (Wildman–Crippen MR) is 80.1 cm³/mol. The maximum absolute atomic E-state index is 11.8.